The second kappa shape index (κ2) is 8.75. The van der Waals surface area contributed by atoms with Crippen molar-refractivity contribution in [3.8, 4) is 0 Å². The van der Waals surface area contributed by atoms with Gasteiger partial charge in [0.05, 0.1) is 5.69 Å². The number of carbonyl (C=O) groups excluding carboxylic acids is 3. The number of urea groups is 1. The van der Waals surface area contributed by atoms with Gasteiger partial charge < -0.3 is 10.2 Å². The molecule has 0 aliphatic carbocycles. The van der Waals surface area contributed by atoms with Crippen LogP contribution in [0.4, 0.5) is 10.5 Å². The Balaban J connectivity index is 1.47. The summed E-state index contributed by atoms with van der Waals surface area (Å²) in [4.78, 5) is 42.8. The molecule has 31 heavy (non-hydrogen) atoms. The molecule has 1 N–H and O–H groups in total. The van der Waals surface area contributed by atoms with Gasteiger partial charge in [0, 0.05) is 16.7 Å². The van der Waals surface area contributed by atoms with E-state index in [-0.39, 0.29) is 18.4 Å². The zero-order chi connectivity index (χ0) is 22.0. The van der Waals surface area contributed by atoms with Crippen molar-refractivity contribution in [2.75, 3.05) is 18.0 Å². The van der Waals surface area contributed by atoms with Crippen molar-refractivity contribution in [1.82, 2.24) is 10.2 Å². The molecule has 162 valence electrons. The number of nitrogens with zero attached hydrogens (tertiary/aromatic N) is 2. The fourth-order valence-electron chi connectivity index (χ4n) is 4.07. The van der Waals surface area contributed by atoms with Crippen LogP contribution in [0.2, 0.25) is 0 Å². The Kier molecular flexibility index (Phi) is 6.05. The standard InChI is InChI=1S/C24H27N3O3S/c1-17-13-15-26(19-10-6-7-11-20(19)31-17)21(28)16-27-22(29)24(2,25-23(27)30)14-12-18-8-4-3-5-9-18/h3-11,17H,12-16H2,1-2H3,(H,25,30). The van der Waals surface area contributed by atoms with Crippen LogP contribution >= 0.6 is 11.8 Å². The molecule has 0 spiro atoms. The molecule has 2 atom stereocenters. The van der Waals surface area contributed by atoms with Crippen LogP contribution in [-0.4, -0.2) is 46.6 Å². The van der Waals surface area contributed by atoms with E-state index in [0.29, 0.717) is 24.6 Å². The molecule has 1 saturated heterocycles. The molecule has 6 nitrogen and oxygen atoms in total. The molecule has 0 radical (unpaired) electrons. The lowest BCUT2D eigenvalue weighted by molar-refractivity contribution is -0.134. The number of benzene rings is 2. The van der Waals surface area contributed by atoms with Crippen LogP contribution in [0.5, 0.6) is 0 Å². The predicted octanol–water partition coefficient (Wildman–Crippen LogP) is 3.85. The summed E-state index contributed by atoms with van der Waals surface area (Å²) in [7, 11) is 0. The molecule has 0 aromatic heterocycles. The van der Waals surface area contributed by atoms with Crippen molar-refractivity contribution in [3.63, 3.8) is 0 Å². The van der Waals surface area contributed by atoms with Crippen LogP contribution in [0.25, 0.3) is 0 Å². The van der Waals surface area contributed by atoms with E-state index in [9.17, 15) is 14.4 Å². The SMILES string of the molecule is CC1CCN(C(=O)CN2C(=O)NC(C)(CCc3ccccc3)C2=O)c2ccccc2S1. The zero-order valence-corrected chi connectivity index (χ0v) is 18.7. The monoisotopic (exact) mass is 437 g/mol. The van der Waals surface area contributed by atoms with Gasteiger partial charge in [-0.2, -0.15) is 0 Å². The second-order valence-electron chi connectivity index (χ2n) is 8.37. The highest BCUT2D eigenvalue weighted by molar-refractivity contribution is 8.00. The Hall–Kier alpha value is -2.80. The van der Waals surface area contributed by atoms with E-state index in [2.05, 4.69) is 12.2 Å². The average Bonchev–Trinajstić information content (AvgIpc) is 2.89. The molecule has 2 aromatic carbocycles. The largest absolute Gasteiger partial charge is 0.325 e. The zero-order valence-electron chi connectivity index (χ0n) is 17.8. The van der Waals surface area contributed by atoms with Gasteiger partial charge in [-0.1, -0.05) is 49.4 Å². The first-order chi connectivity index (χ1) is 14.9. The number of para-hydroxylation sites is 1. The van der Waals surface area contributed by atoms with E-state index >= 15 is 0 Å². The van der Waals surface area contributed by atoms with Crippen LogP contribution < -0.4 is 10.2 Å². The number of rotatable bonds is 5. The number of imide groups is 1. The fraction of sp³-hybridized carbons (Fsp3) is 0.375. The minimum absolute atomic E-state index is 0.238. The highest BCUT2D eigenvalue weighted by atomic mass is 32.2. The molecule has 2 heterocycles. The number of hydrogen-bond donors (Lipinski definition) is 1. The summed E-state index contributed by atoms with van der Waals surface area (Å²) in [5.41, 5.74) is 0.947. The van der Waals surface area contributed by atoms with Crippen LogP contribution in [0, 0.1) is 0 Å². The van der Waals surface area contributed by atoms with Gasteiger partial charge in [-0.25, -0.2) is 4.79 Å². The first-order valence-corrected chi connectivity index (χ1v) is 11.5. The first kappa shape index (κ1) is 21.4. The van der Waals surface area contributed by atoms with Crippen molar-refractivity contribution in [3.05, 3.63) is 60.2 Å². The van der Waals surface area contributed by atoms with Gasteiger partial charge in [0.15, 0.2) is 0 Å². The molecule has 7 heteroatoms. The smallest absolute Gasteiger partial charge is 0.323 e. The van der Waals surface area contributed by atoms with Crippen LogP contribution in [0.15, 0.2) is 59.5 Å². The van der Waals surface area contributed by atoms with Gasteiger partial charge in [-0.05, 0) is 43.9 Å². The molecular weight excluding hydrogens is 410 g/mol. The third kappa shape index (κ3) is 4.46. The predicted molar refractivity (Wildman–Crippen MR) is 122 cm³/mol. The normalized spacial score (nSPS) is 23.4. The first-order valence-electron chi connectivity index (χ1n) is 10.6. The summed E-state index contributed by atoms with van der Waals surface area (Å²) in [6.45, 7) is 4.20. The number of amides is 4. The number of fused-ring (bicyclic) bond motifs is 1. The summed E-state index contributed by atoms with van der Waals surface area (Å²) in [5, 5.41) is 3.20. The van der Waals surface area contributed by atoms with E-state index in [1.807, 2.05) is 54.6 Å². The Labute approximate surface area is 187 Å². The molecule has 0 bridgehead atoms. The van der Waals surface area contributed by atoms with Crippen molar-refractivity contribution in [2.45, 2.75) is 48.8 Å². The molecule has 2 aromatic rings. The van der Waals surface area contributed by atoms with E-state index in [1.54, 1.807) is 23.6 Å². The Morgan fingerprint density at radius 2 is 1.84 bits per heavy atom. The Bertz CT molecular complexity index is 997. The number of nitrogens with one attached hydrogen (secondary N) is 1. The van der Waals surface area contributed by atoms with Gasteiger partial charge in [-0.3, -0.25) is 14.5 Å². The number of carbonyl (C=O) groups is 3. The molecule has 4 amide bonds. The summed E-state index contributed by atoms with van der Waals surface area (Å²) < 4.78 is 0. The van der Waals surface area contributed by atoms with E-state index in [1.165, 1.54) is 0 Å². The van der Waals surface area contributed by atoms with Gasteiger partial charge in [-0.15, -0.1) is 11.8 Å². The minimum Gasteiger partial charge on any atom is -0.323 e. The molecule has 0 saturated carbocycles. The molecule has 1 fully saturated rings. The van der Waals surface area contributed by atoms with Gasteiger partial charge in [0.2, 0.25) is 5.91 Å². The quantitative estimate of drug-likeness (QED) is 0.722. The van der Waals surface area contributed by atoms with Crippen LogP contribution in [-0.2, 0) is 16.0 Å². The summed E-state index contributed by atoms with van der Waals surface area (Å²) in [6.07, 6.45) is 1.99. The third-order valence-corrected chi connectivity index (χ3v) is 7.18. The fourth-order valence-corrected chi connectivity index (χ4v) is 5.18. The average molecular weight is 438 g/mol. The van der Waals surface area contributed by atoms with Gasteiger partial charge in [0.1, 0.15) is 12.1 Å². The second-order valence-corrected chi connectivity index (χ2v) is 9.85. The molecule has 2 aliphatic rings. The molecule has 4 rings (SSSR count). The van der Waals surface area contributed by atoms with Crippen LogP contribution in [0.3, 0.4) is 0 Å². The van der Waals surface area contributed by atoms with Gasteiger partial charge >= 0.3 is 6.03 Å². The summed E-state index contributed by atoms with van der Waals surface area (Å²) in [6, 6.07) is 17.2. The van der Waals surface area contributed by atoms with Crippen molar-refractivity contribution in [1.29, 1.82) is 0 Å². The Morgan fingerprint density at radius 1 is 1.13 bits per heavy atom. The Morgan fingerprint density at radius 3 is 2.61 bits per heavy atom. The third-order valence-electron chi connectivity index (χ3n) is 5.94. The highest BCUT2D eigenvalue weighted by Gasteiger charge is 2.48. The lowest BCUT2D eigenvalue weighted by atomic mass is 9.93. The number of hydrogen-bond acceptors (Lipinski definition) is 4. The lowest BCUT2D eigenvalue weighted by Crippen LogP contribution is -2.46. The lowest BCUT2D eigenvalue weighted by Gasteiger charge is -2.25. The molecule has 2 unspecified atom stereocenters. The highest BCUT2D eigenvalue weighted by Crippen LogP contribution is 2.37. The van der Waals surface area contributed by atoms with E-state index < -0.39 is 11.6 Å². The van der Waals surface area contributed by atoms with Crippen molar-refractivity contribution >= 4 is 35.3 Å². The van der Waals surface area contributed by atoms with Gasteiger partial charge in [0.25, 0.3) is 5.91 Å². The maximum Gasteiger partial charge on any atom is 0.325 e. The molecular formula is C24H27N3O3S. The summed E-state index contributed by atoms with van der Waals surface area (Å²) >= 11 is 1.75. The number of aryl methyl sites for hydroxylation is 1. The van der Waals surface area contributed by atoms with Crippen molar-refractivity contribution < 1.29 is 14.4 Å². The van der Waals surface area contributed by atoms with E-state index in [4.69, 9.17) is 0 Å². The maximum absolute atomic E-state index is 13.2. The minimum atomic E-state index is -1.01. The summed E-state index contributed by atoms with van der Waals surface area (Å²) in [5.74, 6) is -0.578. The van der Waals surface area contributed by atoms with Crippen LogP contribution in [0.1, 0.15) is 32.3 Å². The van der Waals surface area contributed by atoms with E-state index in [0.717, 1.165) is 27.5 Å². The topological polar surface area (TPSA) is 69.7 Å². The van der Waals surface area contributed by atoms with Crippen molar-refractivity contribution in [2.24, 2.45) is 0 Å². The maximum atomic E-state index is 13.2. The molecule has 2 aliphatic heterocycles. The number of anilines is 1. The number of thioether (sulfide) groups is 1.